The molecular formula is C15H18N2O3. The molecule has 1 aromatic rings. The van der Waals surface area contributed by atoms with Crippen LogP contribution >= 0.6 is 0 Å². The lowest BCUT2D eigenvalue weighted by molar-refractivity contribution is -0.142. The summed E-state index contributed by atoms with van der Waals surface area (Å²) in [5, 5.41) is 9.36. The van der Waals surface area contributed by atoms with Gasteiger partial charge in [0.2, 0.25) is 0 Å². The van der Waals surface area contributed by atoms with Gasteiger partial charge >= 0.3 is 12.0 Å². The smallest absolute Gasteiger partial charge is 0.326 e. The third-order valence-corrected chi connectivity index (χ3v) is 3.51. The quantitative estimate of drug-likeness (QED) is 0.854. The fourth-order valence-electron chi connectivity index (χ4n) is 2.44. The minimum Gasteiger partial charge on any atom is -0.480 e. The van der Waals surface area contributed by atoms with Crippen molar-refractivity contribution in [1.82, 2.24) is 9.80 Å². The predicted molar refractivity (Wildman–Crippen MR) is 75.3 cm³/mol. The normalized spacial score (nSPS) is 17.2. The van der Waals surface area contributed by atoms with E-state index in [9.17, 15) is 14.7 Å². The first-order valence-electron chi connectivity index (χ1n) is 6.46. The van der Waals surface area contributed by atoms with Gasteiger partial charge < -0.3 is 14.9 Å². The molecule has 0 aliphatic carbocycles. The number of carbonyl (C=O) groups excluding carboxylic acids is 1. The third kappa shape index (κ3) is 2.66. The van der Waals surface area contributed by atoms with Gasteiger partial charge in [-0.1, -0.05) is 30.3 Å². The van der Waals surface area contributed by atoms with E-state index in [4.69, 9.17) is 0 Å². The molecule has 1 aromatic carbocycles. The first-order chi connectivity index (χ1) is 9.54. The number of nitrogens with zero attached hydrogens (tertiary/aromatic N) is 2. The van der Waals surface area contributed by atoms with Crippen LogP contribution in [0.4, 0.5) is 4.79 Å². The van der Waals surface area contributed by atoms with Gasteiger partial charge in [-0.05, 0) is 11.1 Å². The molecule has 20 heavy (non-hydrogen) atoms. The standard InChI is InChI=1S/C15H18N2O3/c1-3-8-16(2)15(20)17-10-12-7-5-4-6-11(12)9-13(17)14(18)19/h3-7,13H,1,8-10H2,2H3,(H,18,19)/t13-/m1/s1. The van der Waals surface area contributed by atoms with E-state index in [1.807, 2.05) is 24.3 Å². The second-order valence-electron chi connectivity index (χ2n) is 4.91. The number of carboxylic acid groups (broad SMARTS) is 1. The van der Waals surface area contributed by atoms with E-state index >= 15 is 0 Å². The average molecular weight is 274 g/mol. The molecule has 106 valence electrons. The molecule has 0 aromatic heterocycles. The summed E-state index contributed by atoms with van der Waals surface area (Å²) in [6.07, 6.45) is 1.96. The molecule has 1 N–H and O–H groups in total. The van der Waals surface area contributed by atoms with Crippen molar-refractivity contribution in [3.05, 3.63) is 48.0 Å². The van der Waals surface area contributed by atoms with Crippen molar-refractivity contribution in [3.63, 3.8) is 0 Å². The molecule has 0 spiro atoms. The van der Waals surface area contributed by atoms with Crippen molar-refractivity contribution in [2.24, 2.45) is 0 Å². The lowest BCUT2D eigenvalue weighted by atomic mass is 9.94. The second kappa shape index (κ2) is 5.77. The van der Waals surface area contributed by atoms with Gasteiger partial charge in [0.15, 0.2) is 0 Å². The Morgan fingerprint density at radius 2 is 2.10 bits per heavy atom. The van der Waals surface area contributed by atoms with E-state index in [-0.39, 0.29) is 6.03 Å². The highest BCUT2D eigenvalue weighted by Crippen LogP contribution is 2.24. The molecule has 0 unspecified atom stereocenters. The lowest BCUT2D eigenvalue weighted by Crippen LogP contribution is -2.52. The topological polar surface area (TPSA) is 60.9 Å². The molecular weight excluding hydrogens is 256 g/mol. The molecule has 0 fully saturated rings. The number of benzene rings is 1. The number of urea groups is 1. The van der Waals surface area contributed by atoms with Crippen molar-refractivity contribution in [1.29, 1.82) is 0 Å². The summed E-state index contributed by atoms with van der Waals surface area (Å²) < 4.78 is 0. The van der Waals surface area contributed by atoms with Crippen molar-refractivity contribution >= 4 is 12.0 Å². The van der Waals surface area contributed by atoms with E-state index in [1.54, 1.807) is 13.1 Å². The van der Waals surface area contributed by atoms with Gasteiger partial charge in [0.1, 0.15) is 6.04 Å². The Morgan fingerprint density at radius 1 is 1.45 bits per heavy atom. The molecule has 2 amide bonds. The molecule has 0 saturated carbocycles. The molecule has 5 nitrogen and oxygen atoms in total. The Hall–Kier alpha value is -2.30. The number of carbonyl (C=O) groups is 2. The Morgan fingerprint density at radius 3 is 2.70 bits per heavy atom. The van der Waals surface area contributed by atoms with E-state index in [2.05, 4.69) is 6.58 Å². The largest absolute Gasteiger partial charge is 0.480 e. The van der Waals surface area contributed by atoms with Crippen LogP contribution in [0.1, 0.15) is 11.1 Å². The monoisotopic (exact) mass is 274 g/mol. The summed E-state index contributed by atoms with van der Waals surface area (Å²) in [5.41, 5.74) is 2.00. The predicted octanol–water partition coefficient (Wildman–Crippen LogP) is 1.74. The van der Waals surface area contributed by atoms with Gasteiger partial charge in [0, 0.05) is 26.6 Å². The number of likely N-dealkylation sites (N-methyl/N-ethyl adjacent to an activating group) is 1. The van der Waals surface area contributed by atoms with E-state index < -0.39 is 12.0 Å². The summed E-state index contributed by atoms with van der Waals surface area (Å²) in [7, 11) is 1.64. The highest BCUT2D eigenvalue weighted by atomic mass is 16.4. The number of amides is 2. The summed E-state index contributed by atoms with van der Waals surface area (Å²) in [6, 6.07) is 6.54. The highest BCUT2D eigenvalue weighted by molar-refractivity contribution is 5.83. The van der Waals surface area contributed by atoms with Crippen LogP contribution in [0.2, 0.25) is 0 Å². The molecule has 2 rings (SSSR count). The summed E-state index contributed by atoms with van der Waals surface area (Å²) in [5.74, 6) is -0.972. The summed E-state index contributed by atoms with van der Waals surface area (Å²) in [4.78, 5) is 26.7. The maximum atomic E-state index is 12.4. The molecule has 1 heterocycles. The molecule has 1 aliphatic heterocycles. The van der Waals surface area contributed by atoms with Crippen LogP contribution in [-0.2, 0) is 17.8 Å². The highest BCUT2D eigenvalue weighted by Gasteiger charge is 2.35. The van der Waals surface area contributed by atoms with Gasteiger partial charge in [0.05, 0.1) is 0 Å². The van der Waals surface area contributed by atoms with Crippen LogP contribution in [0.15, 0.2) is 36.9 Å². The fourth-order valence-corrected chi connectivity index (χ4v) is 2.44. The molecule has 0 bridgehead atoms. The molecule has 1 atom stereocenters. The van der Waals surface area contributed by atoms with E-state index in [1.165, 1.54) is 9.80 Å². The van der Waals surface area contributed by atoms with Gasteiger partial charge in [-0.15, -0.1) is 6.58 Å². The fraction of sp³-hybridized carbons (Fsp3) is 0.333. The maximum Gasteiger partial charge on any atom is 0.326 e. The number of hydrogen-bond donors (Lipinski definition) is 1. The zero-order valence-electron chi connectivity index (χ0n) is 11.5. The average Bonchev–Trinajstić information content (AvgIpc) is 2.45. The van der Waals surface area contributed by atoms with Crippen LogP contribution in [0.5, 0.6) is 0 Å². The third-order valence-electron chi connectivity index (χ3n) is 3.51. The number of carboxylic acids is 1. The van der Waals surface area contributed by atoms with Crippen LogP contribution in [0.25, 0.3) is 0 Å². The zero-order chi connectivity index (χ0) is 14.7. The molecule has 1 aliphatic rings. The van der Waals surface area contributed by atoms with Crippen LogP contribution in [0, 0.1) is 0 Å². The zero-order valence-corrected chi connectivity index (χ0v) is 11.5. The van der Waals surface area contributed by atoms with Gasteiger partial charge in [-0.3, -0.25) is 0 Å². The number of rotatable bonds is 3. The number of aliphatic carboxylic acids is 1. The van der Waals surface area contributed by atoms with Gasteiger partial charge in [-0.2, -0.15) is 0 Å². The molecule has 0 saturated heterocycles. The summed E-state index contributed by atoms with van der Waals surface area (Å²) in [6.45, 7) is 4.31. The second-order valence-corrected chi connectivity index (χ2v) is 4.91. The van der Waals surface area contributed by atoms with Crippen LogP contribution in [-0.4, -0.2) is 46.5 Å². The van der Waals surface area contributed by atoms with Crippen molar-refractivity contribution in [2.75, 3.05) is 13.6 Å². The number of hydrogen-bond acceptors (Lipinski definition) is 2. The van der Waals surface area contributed by atoms with E-state index in [0.717, 1.165) is 11.1 Å². The summed E-state index contributed by atoms with van der Waals surface area (Å²) >= 11 is 0. The minimum absolute atomic E-state index is 0.285. The van der Waals surface area contributed by atoms with Crippen molar-refractivity contribution < 1.29 is 14.7 Å². The number of fused-ring (bicyclic) bond motifs is 1. The van der Waals surface area contributed by atoms with Crippen molar-refractivity contribution in [2.45, 2.75) is 19.0 Å². The Kier molecular flexibility index (Phi) is 4.08. The minimum atomic E-state index is -0.972. The molecule has 0 radical (unpaired) electrons. The van der Waals surface area contributed by atoms with Crippen molar-refractivity contribution in [3.8, 4) is 0 Å². The first-order valence-corrected chi connectivity index (χ1v) is 6.46. The Labute approximate surface area is 118 Å². The molecule has 5 heteroatoms. The lowest BCUT2D eigenvalue weighted by Gasteiger charge is -2.36. The van der Waals surface area contributed by atoms with Gasteiger partial charge in [0.25, 0.3) is 0 Å². The van der Waals surface area contributed by atoms with Crippen LogP contribution in [0.3, 0.4) is 0 Å². The first kappa shape index (κ1) is 14.1. The Bertz CT molecular complexity index is 542. The van der Waals surface area contributed by atoms with Crippen LogP contribution < -0.4 is 0 Å². The van der Waals surface area contributed by atoms with E-state index in [0.29, 0.717) is 19.5 Å². The maximum absolute atomic E-state index is 12.4. The Balaban J connectivity index is 2.28. The SMILES string of the molecule is C=CCN(C)C(=O)N1Cc2ccccc2C[C@@H]1C(=O)O. The van der Waals surface area contributed by atoms with Gasteiger partial charge in [-0.25, -0.2) is 9.59 Å².